The van der Waals surface area contributed by atoms with E-state index in [4.69, 9.17) is 0 Å². The van der Waals surface area contributed by atoms with E-state index < -0.39 is 0 Å². The van der Waals surface area contributed by atoms with Crippen molar-refractivity contribution in [1.82, 2.24) is 19.7 Å². The number of pyridine rings is 1. The molecule has 0 saturated heterocycles. The number of H-pyrrole nitrogens is 1. The van der Waals surface area contributed by atoms with Gasteiger partial charge in [-0.3, -0.25) is 14.5 Å². The molecule has 0 aliphatic rings. The standard InChI is InChI=1S/C20H19N5O/c1-13-14(2)22-18-7-6-15(11-17(13)18)20(26)23-19-8-10-25(24-19)12-16-5-3-4-9-21-16/h3-11,22H,12H2,1-2H3,(H,23,24,26). The number of aromatic amines is 1. The molecule has 6 nitrogen and oxygen atoms in total. The first-order valence-electron chi connectivity index (χ1n) is 8.44. The minimum Gasteiger partial charge on any atom is -0.358 e. The van der Waals surface area contributed by atoms with Gasteiger partial charge in [-0.1, -0.05) is 6.07 Å². The molecule has 0 saturated carbocycles. The molecule has 0 aliphatic heterocycles. The summed E-state index contributed by atoms with van der Waals surface area (Å²) in [4.78, 5) is 20.2. The maximum absolute atomic E-state index is 12.6. The number of rotatable bonds is 4. The molecule has 0 spiro atoms. The average molecular weight is 345 g/mol. The Morgan fingerprint density at radius 2 is 2.08 bits per heavy atom. The Bertz CT molecular complexity index is 1080. The number of carbonyl (C=O) groups is 1. The third-order valence-electron chi connectivity index (χ3n) is 4.50. The van der Waals surface area contributed by atoms with E-state index in [2.05, 4.69) is 27.3 Å². The first kappa shape index (κ1) is 16.1. The summed E-state index contributed by atoms with van der Waals surface area (Å²) in [6.07, 6.45) is 3.58. The van der Waals surface area contributed by atoms with Crippen LogP contribution in [0.2, 0.25) is 0 Å². The lowest BCUT2D eigenvalue weighted by Crippen LogP contribution is -2.13. The number of benzene rings is 1. The molecule has 0 radical (unpaired) electrons. The van der Waals surface area contributed by atoms with Gasteiger partial charge in [0, 0.05) is 40.6 Å². The van der Waals surface area contributed by atoms with Crippen LogP contribution in [0.1, 0.15) is 27.3 Å². The predicted molar refractivity (Wildman–Crippen MR) is 101 cm³/mol. The van der Waals surface area contributed by atoms with Crippen molar-refractivity contribution >= 4 is 22.6 Å². The van der Waals surface area contributed by atoms with Gasteiger partial charge in [-0.2, -0.15) is 5.10 Å². The third kappa shape index (κ3) is 3.09. The Kier molecular flexibility index (Phi) is 4.01. The van der Waals surface area contributed by atoms with Gasteiger partial charge in [0.2, 0.25) is 0 Å². The molecule has 0 unspecified atom stereocenters. The second-order valence-corrected chi connectivity index (χ2v) is 6.31. The van der Waals surface area contributed by atoms with Crippen molar-refractivity contribution in [3.05, 3.63) is 77.4 Å². The van der Waals surface area contributed by atoms with Gasteiger partial charge in [-0.25, -0.2) is 0 Å². The van der Waals surface area contributed by atoms with Crippen LogP contribution in [0.15, 0.2) is 54.9 Å². The van der Waals surface area contributed by atoms with Gasteiger partial charge >= 0.3 is 0 Å². The summed E-state index contributed by atoms with van der Waals surface area (Å²) in [6.45, 7) is 4.64. The van der Waals surface area contributed by atoms with E-state index in [0.717, 1.165) is 27.9 Å². The summed E-state index contributed by atoms with van der Waals surface area (Å²) < 4.78 is 1.75. The minimum absolute atomic E-state index is 0.173. The maximum atomic E-state index is 12.6. The lowest BCUT2D eigenvalue weighted by Gasteiger charge is -2.03. The summed E-state index contributed by atoms with van der Waals surface area (Å²) in [7, 11) is 0. The Hall–Kier alpha value is -3.41. The fraction of sp³-hybridized carbons (Fsp3) is 0.150. The number of fused-ring (bicyclic) bond motifs is 1. The van der Waals surface area contributed by atoms with Crippen LogP contribution >= 0.6 is 0 Å². The highest BCUT2D eigenvalue weighted by molar-refractivity contribution is 6.06. The van der Waals surface area contributed by atoms with E-state index in [-0.39, 0.29) is 5.91 Å². The zero-order chi connectivity index (χ0) is 18.1. The van der Waals surface area contributed by atoms with Gasteiger partial charge in [-0.15, -0.1) is 0 Å². The third-order valence-corrected chi connectivity index (χ3v) is 4.50. The molecule has 6 heteroatoms. The second kappa shape index (κ2) is 6.48. The van der Waals surface area contributed by atoms with Crippen LogP contribution in [0.3, 0.4) is 0 Å². The van der Waals surface area contributed by atoms with E-state index in [1.54, 1.807) is 16.9 Å². The number of aromatic nitrogens is 4. The van der Waals surface area contributed by atoms with Crippen molar-refractivity contribution < 1.29 is 4.79 Å². The van der Waals surface area contributed by atoms with Gasteiger partial charge in [-0.05, 0) is 49.7 Å². The molecule has 1 aromatic carbocycles. The first-order valence-corrected chi connectivity index (χ1v) is 8.44. The second-order valence-electron chi connectivity index (χ2n) is 6.31. The fourth-order valence-electron chi connectivity index (χ4n) is 2.97. The highest BCUT2D eigenvalue weighted by Crippen LogP contribution is 2.22. The molecular weight excluding hydrogens is 326 g/mol. The van der Waals surface area contributed by atoms with Gasteiger partial charge in [0.05, 0.1) is 12.2 Å². The monoisotopic (exact) mass is 345 g/mol. The van der Waals surface area contributed by atoms with E-state index >= 15 is 0 Å². The van der Waals surface area contributed by atoms with Crippen LogP contribution in [-0.4, -0.2) is 25.7 Å². The molecule has 1 amide bonds. The lowest BCUT2D eigenvalue weighted by atomic mass is 10.1. The zero-order valence-corrected chi connectivity index (χ0v) is 14.7. The number of nitrogens with one attached hydrogen (secondary N) is 2. The SMILES string of the molecule is Cc1[nH]c2ccc(C(=O)Nc3ccn(Cc4ccccn4)n3)cc2c1C. The normalized spacial score (nSPS) is 11.0. The zero-order valence-electron chi connectivity index (χ0n) is 14.7. The largest absolute Gasteiger partial charge is 0.358 e. The molecule has 2 N–H and O–H groups in total. The summed E-state index contributed by atoms with van der Waals surface area (Å²) in [5, 5.41) is 8.31. The smallest absolute Gasteiger partial charge is 0.256 e. The lowest BCUT2D eigenvalue weighted by molar-refractivity contribution is 0.102. The topological polar surface area (TPSA) is 75.6 Å². The van der Waals surface area contributed by atoms with Crippen molar-refractivity contribution in [3.8, 4) is 0 Å². The Balaban J connectivity index is 1.50. The number of anilines is 1. The molecule has 26 heavy (non-hydrogen) atoms. The van der Waals surface area contributed by atoms with Crippen LogP contribution in [0, 0.1) is 13.8 Å². The summed E-state index contributed by atoms with van der Waals surface area (Å²) >= 11 is 0. The highest BCUT2D eigenvalue weighted by atomic mass is 16.1. The molecule has 4 aromatic rings. The van der Waals surface area contributed by atoms with Gasteiger partial charge in [0.1, 0.15) is 0 Å². The molecule has 0 bridgehead atoms. The van der Waals surface area contributed by atoms with Crippen molar-refractivity contribution in [3.63, 3.8) is 0 Å². The van der Waals surface area contributed by atoms with Crippen LogP contribution in [0.25, 0.3) is 10.9 Å². The van der Waals surface area contributed by atoms with Crippen LogP contribution in [0.4, 0.5) is 5.82 Å². The number of aryl methyl sites for hydroxylation is 2. The van der Waals surface area contributed by atoms with Crippen LogP contribution in [-0.2, 0) is 6.54 Å². The minimum atomic E-state index is -0.173. The summed E-state index contributed by atoms with van der Waals surface area (Å²) in [5.41, 5.74) is 4.84. The van der Waals surface area contributed by atoms with Crippen molar-refractivity contribution in [2.75, 3.05) is 5.32 Å². The van der Waals surface area contributed by atoms with Crippen molar-refractivity contribution in [2.24, 2.45) is 0 Å². The molecule has 0 atom stereocenters. The number of amides is 1. The fourth-order valence-corrected chi connectivity index (χ4v) is 2.97. The molecule has 4 rings (SSSR count). The van der Waals surface area contributed by atoms with Gasteiger partial charge < -0.3 is 10.3 Å². The number of carbonyl (C=O) groups excluding carboxylic acids is 1. The quantitative estimate of drug-likeness (QED) is 0.592. The average Bonchev–Trinajstić information content (AvgIpc) is 3.20. The summed E-state index contributed by atoms with van der Waals surface area (Å²) in [6, 6.07) is 13.2. The maximum Gasteiger partial charge on any atom is 0.256 e. The van der Waals surface area contributed by atoms with Gasteiger partial charge in [0.25, 0.3) is 5.91 Å². The highest BCUT2D eigenvalue weighted by Gasteiger charge is 2.11. The van der Waals surface area contributed by atoms with Crippen LogP contribution in [0.5, 0.6) is 0 Å². The Morgan fingerprint density at radius 1 is 1.19 bits per heavy atom. The molecule has 0 aliphatic carbocycles. The molecule has 0 fully saturated rings. The predicted octanol–water partition coefficient (Wildman–Crippen LogP) is 3.68. The van der Waals surface area contributed by atoms with E-state index in [1.165, 1.54) is 0 Å². The molecular formula is C20H19N5O. The molecule has 3 aromatic heterocycles. The van der Waals surface area contributed by atoms with E-state index in [9.17, 15) is 4.79 Å². The Labute approximate surface area is 150 Å². The number of hydrogen-bond acceptors (Lipinski definition) is 3. The van der Waals surface area contributed by atoms with Gasteiger partial charge in [0.15, 0.2) is 5.82 Å². The van der Waals surface area contributed by atoms with Crippen LogP contribution < -0.4 is 5.32 Å². The van der Waals surface area contributed by atoms with E-state index in [0.29, 0.717) is 17.9 Å². The first-order chi connectivity index (χ1) is 12.6. The Morgan fingerprint density at radius 3 is 2.88 bits per heavy atom. The number of nitrogens with zero attached hydrogens (tertiary/aromatic N) is 3. The van der Waals surface area contributed by atoms with Crippen molar-refractivity contribution in [1.29, 1.82) is 0 Å². The molecule has 130 valence electrons. The molecule has 3 heterocycles. The van der Waals surface area contributed by atoms with E-state index in [1.807, 2.05) is 49.5 Å². The van der Waals surface area contributed by atoms with Crippen molar-refractivity contribution in [2.45, 2.75) is 20.4 Å². The number of hydrogen-bond donors (Lipinski definition) is 2. The summed E-state index contributed by atoms with van der Waals surface area (Å²) in [5.74, 6) is 0.348.